The lowest BCUT2D eigenvalue weighted by molar-refractivity contribution is 0.103. The van der Waals surface area contributed by atoms with Crippen LogP contribution in [0.4, 0.5) is 0 Å². The fraction of sp³-hybridized carbons (Fsp3) is 0.100. The van der Waals surface area contributed by atoms with Crippen molar-refractivity contribution in [1.29, 1.82) is 0 Å². The zero-order valence-electron chi connectivity index (χ0n) is 7.98. The molecule has 5 heteroatoms. The van der Waals surface area contributed by atoms with Gasteiger partial charge < -0.3 is 4.98 Å². The number of carbonyl (C=O) groups excluding carboxylic acids is 2. The highest BCUT2D eigenvalue weighted by molar-refractivity contribution is 7.12. The number of hydrogen-bond donors (Lipinski definition) is 1. The fourth-order valence-electron chi connectivity index (χ4n) is 1.26. The number of aromatic nitrogens is 2. The van der Waals surface area contributed by atoms with Gasteiger partial charge in [-0.3, -0.25) is 9.59 Å². The molecular formula is C10H8N2O2S. The van der Waals surface area contributed by atoms with E-state index < -0.39 is 0 Å². The first-order valence-corrected chi connectivity index (χ1v) is 5.19. The molecule has 0 spiro atoms. The van der Waals surface area contributed by atoms with Crippen LogP contribution in [0.1, 0.15) is 31.5 Å². The van der Waals surface area contributed by atoms with Crippen LogP contribution >= 0.6 is 11.3 Å². The number of nitrogens with one attached hydrogen (secondary N) is 1. The number of ketones is 1. The lowest BCUT2D eigenvalue weighted by Crippen LogP contribution is -2.01. The van der Waals surface area contributed by atoms with Crippen molar-refractivity contribution >= 4 is 23.4 Å². The number of nitrogens with zero attached hydrogens (tertiary/aromatic N) is 1. The maximum absolute atomic E-state index is 11.9. The molecule has 0 bridgehead atoms. The molecule has 0 amide bonds. The van der Waals surface area contributed by atoms with E-state index in [4.69, 9.17) is 0 Å². The molecule has 15 heavy (non-hydrogen) atoms. The number of carbonyl (C=O) groups is 2. The van der Waals surface area contributed by atoms with Gasteiger partial charge in [0, 0.05) is 0 Å². The maximum Gasteiger partial charge on any atom is 0.220 e. The van der Waals surface area contributed by atoms with Crippen molar-refractivity contribution in [3.63, 3.8) is 0 Å². The first kappa shape index (κ1) is 9.79. The van der Waals surface area contributed by atoms with Gasteiger partial charge >= 0.3 is 0 Å². The molecule has 0 atom stereocenters. The molecular weight excluding hydrogens is 212 g/mol. The summed E-state index contributed by atoms with van der Waals surface area (Å²) in [6.07, 6.45) is 0.677. The van der Waals surface area contributed by atoms with Crippen molar-refractivity contribution in [1.82, 2.24) is 9.97 Å². The molecule has 2 aromatic heterocycles. The van der Waals surface area contributed by atoms with Crippen LogP contribution in [0.2, 0.25) is 0 Å². The minimum atomic E-state index is -0.122. The van der Waals surface area contributed by atoms with Crippen molar-refractivity contribution in [2.45, 2.75) is 6.92 Å². The van der Waals surface area contributed by atoms with Gasteiger partial charge in [-0.25, -0.2) is 4.98 Å². The standard InChI is InChI=1S/C10H8N2O2S/c1-6-10(15-5-11-6)9(14)8-3-2-7(4-13)12-8/h2-5,12H,1H3. The Kier molecular flexibility index (Phi) is 2.47. The van der Waals surface area contributed by atoms with Gasteiger partial charge in [-0.05, 0) is 19.1 Å². The normalized spacial score (nSPS) is 10.2. The molecule has 2 aromatic rings. The number of H-pyrrole nitrogens is 1. The van der Waals surface area contributed by atoms with Gasteiger partial charge in [-0.1, -0.05) is 0 Å². The minimum Gasteiger partial charge on any atom is -0.350 e. The Morgan fingerprint density at radius 3 is 2.87 bits per heavy atom. The van der Waals surface area contributed by atoms with Gasteiger partial charge in [-0.15, -0.1) is 11.3 Å². The van der Waals surface area contributed by atoms with Gasteiger partial charge in [0.15, 0.2) is 6.29 Å². The van der Waals surface area contributed by atoms with Crippen LogP contribution < -0.4 is 0 Å². The molecule has 0 aliphatic carbocycles. The van der Waals surface area contributed by atoms with Gasteiger partial charge in [0.05, 0.1) is 27.5 Å². The summed E-state index contributed by atoms with van der Waals surface area (Å²) in [6.45, 7) is 1.79. The number of aromatic amines is 1. The molecule has 0 aromatic carbocycles. The van der Waals surface area contributed by atoms with Crippen LogP contribution in [0.5, 0.6) is 0 Å². The van der Waals surface area contributed by atoms with Gasteiger partial charge in [-0.2, -0.15) is 0 Å². The Morgan fingerprint density at radius 2 is 2.33 bits per heavy atom. The van der Waals surface area contributed by atoms with Gasteiger partial charge in [0.1, 0.15) is 0 Å². The number of thiazole rings is 1. The van der Waals surface area contributed by atoms with E-state index >= 15 is 0 Å². The Bertz CT molecular complexity index is 513. The number of rotatable bonds is 3. The first-order valence-electron chi connectivity index (χ1n) is 4.31. The Morgan fingerprint density at radius 1 is 1.53 bits per heavy atom. The molecule has 0 radical (unpaired) electrons. The molecule has 1 N–H and O–H groups in total. The number of aldehydes is 1. The topological polar surface area (TPSA) is 62.8 Å². The minimum absolute atomic E-state index is 0.122. The Balaban J connectivity index is 2.36. The summed E-state index contributed by atoms with van der Waals surface area (Å²) in [5.41, 5.74) is 3.17. The van der Waals surface area contributed by atoms with Crippen LogP contribution in [0.3, 0.4) is 0 Å². The molecule has 0 aliphatic heterocycles. The molecule has 4 nitrogen and oxygen atoms in total. The third kappa shape index (κ3) is 1.73. The van der Waals surface area contributed by atoms with Crippen molar-refractivity contribution in [2.75, 3.05) is 0 Å². The van der Waals surface area contributed by atoms with Crippen LogP contribution in [0.15, 0.2) is 17.6 Å². The molecule has 2 rings (SSSR count). The average molecular weight is 220 g/mol. The van der Waals surface area contributed by atoms with E-state index in [9.17, 15) is 9.59 Å². The van der Waals surface area contributed by atoms with Crippen LogP contribution in [-0.2, 0) is 0 Å². The van der Waals surface area contributed by atoms with E-state index in [1.807, 2.05) is 0 Å². The molecule has 0 fully saturated rings. The summed E-state index contributed by atoms with van der Waals surface area (Å²) < 4.78 is 0. The summed E-state index contributed by atoms with van der Waals surface area (Å²) in [6, 6.07) is 3.18. The molecule has 0 unspecified atom stereocenters. The quantitative estimate of drug-likeness (QED) is 0.634. The first-order chi connectivity index (χ1) is 7.22. The third-order valence-corrected chi connectivity index (χ3v) is 2.96. The van der Waals surface area contributed by atoms with E-state index in [-0.39, 0.29) is 5.78 Å². The van der Waals surface area contributed by atoms with Gasteiger partial charge in [0.25, 0.3) is 0 Å². The summed E-state index contributed by atoms with van der Waals surface area (Å²) in [7, 11) is 0. The highest BCUT2D eigenvalue weighted by Crippen LogP contribution is 2.16. The predicted octanol–water partition coefficient (Wildman–Crippen LogP) is 1.82. The fourth-order valence-corrected chi connectivity index (χ4v) is 2.01. The maximum atomic E-state index is 11.9. The monoisotopic (exact) mass is 220 g/mol. The highest BCUT2D eigenvalue weighted by atomic mass is 32.1. The second-order valence-corrected chi connectivity index (χ2v) is 3.90. The lowest BCUT2D eigenvalue weighted by atomic mass is 10.2. The van der Waals surface area contributed by atoms with E-state index in [1.165, 1.54) is 11.3 Å². The van der Waals surface area contributed by atoms with E-state index in [0.29, 0.717) is 28.2 Å². The SMILES string of the molecule is Cc1ncsc1C(=O)c1ccc(C=O)[nH]1. The van der Waals surface area contributed by atoms with Crippen LogP contribution in [0.25, 0.3) is 0 Å². The lowest BCUT2D eigenvalue weighted by Gasteiger charge is -1.94. The van der Waals surface area contributed by atoms with E-state index in [1.54, 1.807) is 24.6 Å². The Labute approximate surface area is 90.0 Å². The Hall–Kier alpha value is -1.75. The summed E-state index contributed by atoms with van der Waals surface area (Å²) in [5, 5.41) is 0. The molecule has 0 saturated heterocycles. The zero-order valence-corrected chi connectivity index (χ0v) is 8.80. The van der Waals surface area contributed by atoms with Crippen LogP contribution in [-0.4, -0.2) is 22.0 Å². The van der Waals surface area contributed by atoms with Crippen molar-refractivity contribution in [3.05, 3.63) is 39.6 Å². The number of hydrogen-bond acceptors (Lipinski definition) is 4. The highest BCUT2D eigenvalue weighted by Gasteiger charge is 2.15. The summed E-state index contributed by atoms with van der Waals surface area (Å²) >= 11 is 1.30. The smallest absolute Gasteiger partial charge is 0.220 e. The van der Waals surface area contributed by atoms with E-state index in [0.717, 1.165) is 0 Å². The summed E-state index contributed by atoms with van der Waals surface area (Å²) in [4.78, 5) is 29.7. The molecule has 0 saturated carbocycles. The second kappa shape index (κ2) is 3.78. The molecule has 2 heterocycles. The largest absolute Gasteiger partial charge is 0.350 e. The average Bonchev–Trinajstić information content (AvgIpc) is 2.84. The second-order valence-electron chi connectivity index (χ2n) is 3.04. The van der Waals surface area contributed by atoms with Crippen molar-refractivity contribution in [2.24, 2.45) is 0 Å². The molecule has 76 valence electrons. The molecule has 0 aliphatic rings. The third-order valence-electron chi connectivity index (χ3n) is 2.03. The van der Waals surface area contributed by atoms with Crippen molar-refractivity contribution in [3.8, 4) is 0 Å². The van der Waals surface area contributed by atoms with Crippen LogP contribution in [0, 0.1) is 6.92 Å². The summed E-state index contributed by atoms with van der Waals surface area (Å²) in [5.74, 6) is -0.122. The number of aryl methyl sites for hydroxylation is 1. The van der Waals surface area contributed by atoms with Crippen molar-refractivity contribution < 1.29 is 9.59 Å². The van der Waals surface area contributed by atoms with Gasteiger partial charge in [0.2, 0.25) is 5.78 Å². The predicted molar refractivity (Wildman–Crippen MR) is 56.5 cm³/mol. The zero-order chi connectivity index (χ0) is 10.8. The van der Waals surface area contributed by atoms with E-state index in [2.05, 4.69) is 9.97 Å².